The predicted molar refractivity (Wildman–Crippen MR) is 127 cm³/mol. The van der Waals surface area contributed by atoms with Gasteiger partial charge in [0.2, 0.25) is 5.82 Å². The fourth-order valence-corrected chi connectivity index (χ4v) is 3.74. The highest BCUT2D eigenvalue weighted by atomic mass is 19.1. The molecule has 0 unspecified atom stereocenters. The van der Waals surface area contributed by atoms with Crippen molar-refractivity contribution >= 4 is 0 Å². The topological polar surface area (TPSA) is 106 Å². The molecular formula is C26H21FN4O4. The number of hydrogen-bond acceptors (Lipinski definition) is 7. The molecule has 0 atom stereocenters. The first-order chi connectivity index (χ1) is 17.1. The summed E-state index contributed by atoms with van der Waals surface area (Å²) in [6.45, 7) is -0.0820. The first-order valence-electron chi connectivity index (χ1n) is 10.7. The number of rotatable bonds is 7. The first-order valence-corrected chi connectivity index (χ1v) is 10.7. The van der Waals surface area contributed by atoms with Crippen molar-refractivity contribution in [1.29, 1.82) is 0 Å². The van der Waals surface area contributed by atoms with Gasteiger partial charge in [0, 0.05) is 5.56 Å². The van der Waals surface area contributed by atoms with E-state index in [1.807, 2.05) is 30.3 Å². The molecule has 0 spiro atoms. The number of benzene rings is 3. The lowest BCUT2D eigenvalue weighted by atomic mass is 10.0. The van der Waals surface area contributed by atoms with Gasteiger partial charge in [-0.2, -0.15) is 10.1 Å². The first kappa shape index (κ1) is 22.3. The van der Waals surface area contributed by atoms with Crippen LogP contribution in [0, 0.1) is 5.82 Å². The number of aliphatic hydroxyl groups is 1. The van der Waals surface area contributed by atoms with Gasteiger partial charge in [0.15, 0.2) is 11.5 Å². The molecule has 0 aliphatic rings. The minimum absolute atomic E-state index is 0.0820. The largest absolute Gasteiger partial charge is 0.493 e. The van der Waals surface area contributed by atoms with E-state index in [2.05, 4.69) is 20.3 Å². The van der Waals surface area contributed by atoms with Crippen molar-refractivity contribution < 1.29 is 23.5 Å². The average Bonchev–Trinajstić information content (AvgIpc) is 3.58. The molecule has 0 aliphatic heterocycles. The van der Waals surface area contributed by atoms with Gasteiger partial charge in [0.05, 0.1) is 32.1 Å². The molecule has 9 heteroatoms. The van der Waals surface area contributed by atoms with Crippen molar-refractivity contribution in [3.05, 3.63) is 78.1 Å². The monoisotopic (exact) mass is 472 g/mol. The Hall–Kier alpha value is -4.50. The van der Waals surface area contributed by atoms with E-state index in [0.717, 1.165) is 16.7 Å². The van der Waals surface area contributed by atoms with Gasteiger partial charge < -0.3 is 19.1 Å². The quantitative estimate of drug-likeness (QED) is 0.339. The lowest BCUT2D eigenvalue weighted by Crippen LogP contribution is -1.90. The molecular weight excluding hydrogens is 451 g/mol. The van der Waals surface area contributed by atoms with Gasteiger partial charge in [-0.15, -0.1) is 0 Å². The van der Waals surface area contributed by atoms with Crippen molar-refractivity contribution in [3.63, 3.8) is 0 Å². The van der Waals surface area contributed by atoms with E-state index in [1.165, 1.54) is 6.07 Å². The Bertz CT molecular complexity index is 1490. The number of ether oxygens (including phenoxy) is 2. The summed E-state index contributed by atoms with van der Waals surface area (Å²) in [5.74, 6) is 1.01. The predicted octanol–water partition coefficient (Wildman–Crippen LogP) is 5.11. The molecule has 0 bridgehead atoms. The van der Waals surface area contributed by atoms with E-state index in [4.69, 9.17) is 14.0 Å². The van der Waals surface area contributed by atoms with Gasteiger partial charge >= 0.3 is 0 Å². The van der Waals surface area contributed by atoms with Gasteiger partial charge in [0.1, 0.15) is 11.5 Å². The van der Waals surface area contributed by atoms with Crippen LogP contribution in [-0.2, 0) is 6.61 Å². The number of nitrogens with one attached hydrogen (secondary N) is 1. The summed E-state index contributed by atoms with van der Waals surface area (Å²) < 4.78 is 30.9. The van der Waals surface area contributed by atoms with Crippen molar-refractivity contribution in [2.45, 2.75) is 6.61 Å². The fourth-order valence-electron chi connectivity index (χ4n) is 3.74. The van der Waals surface area contributed by atoms with Crippen LogP contribution in [0.5, 0.6) is 11.5 Å². The molecule has 5 rings (SSSR count). The average molecular weight is 472 g/mol. The summed E-state index contributed by atoms with van der Waals surface area (Å²) in [6, 6.07) is 19.3. The standard InChI is InChI=1S/C26H21FN4O4/c1-33-23-9-7-18(12-24(23)34-2)21-13-22(30-29-21)26-28-25(31-35-26)19-8-6-17(11-20(19)27)16-5-3-4-15(10-16)14-32/h3-13,32H,14H2,1-2H3,(H,29,30). The molecule has 5 aromatic rings. The molecule has 176 valence electrons. The highest BCUT2D eigenvalue weighted by Crippen LogP contribution is 2.33. The van der Waals surface area contributed by atoms with Gasteiger partial charge in [-0.3, -0.25) is 5.10 Å². The second-order valence-electron chi connectivity index (χ2n) is 7.71. The second-order valence-corrected chi connectivity index (χ2v) is 7.71. The highest BCUT2D eigenvalue weighted by Gasteiger charge is 2.17. The van der Waals surface area contributed by atoms with Crippen LogP contribution in [0.4, 0.5) is 4.39 Å². The highest BCUT2D eigenvalue weighted by molar-refractivity contribution is 5.70. The zero-order chi connectivity index (χ0) is 24.4. The Morgan fingerprint density at radius 3 is 2.49 bits per heavy atom. The third-order valence-corrected chi connectivity index (χ3v) is 5.57. The van der Waals surface area contributed by atoms with E-state index in [1.54, 1.807) is 44.6 Å². The SMILES string of the molecule is COc1ccc(-c2cc(-c3nc(-c4ccc(-c5cccc(CO)c5)cc4F)no3)[nH]n2)cc1OC. The maximum Gasteiger partial charge on any atom is 0.276 e. The van der Waals surface area contributed by atoms with Crippen LogP contribution in [0.3, 0.4) is 0 Å². The molecule has 35 heavy (non-hydrogen) atoms. The summed E-state index contributed by atoms with van der Waals surface area (Å²) in [5.41, 5.74) is 4.38. The van der Waals surface area contributed by atoms with Gasteiger partial charge in [0.25, 0.3) is 5.89 Å². The van der Waals surface area contributed by atoms with Gasteiger partial charge in [-0.25, -0.2) is 4.39 Å². The van der Waals surface area contributed by atoms with Crippen LogP contribution in [0.25, 0.3) is 45.4 Å². The lowest BCUT2D eigenvalue weighted by molar-refractivity contribution is 0.282. The Labute approximate surface area is 200 Å². The van der Waals surface area contributed by atoms with Gasteiger partial charge in [-0.05, 0) is 59.2 Å². The van der Waals surface area contributed by atoms with E-state index >= 15 is 0 Å². The normalized spacial score (nSPS) is 11.0. The maximum atomic E-state index is 15.0. The van der Waals surface area contributed by atoms with E-state index in [9.17, 15) is 9.50 Å². The minimum atomic E-state index is -0.486. The molecule has 2 aromatic heterocycles. The zero-order valence-electron chi connectivity index (χ0n) is 18.9. The number of aliphatic hydroxyl groups excluding tert-OH is 1. The van der Waals surface area contributed by atoms with E-state index in [-0.39, 0.29) is 23.9 Å². The number of aromatic amines is 1. The fraction of sp³-hybridized carbons (Fsp3) is 0.115. The van der Waals surface area contributed by atoms with Crippen LogP contribution >= 0.6 is 0 Å². The lowest BCUT2D eigenvalue weighted by Gasteiger charge is -2.08. The number of nitrogens with zero attached hydrogens (tertiary/aromatic N) is 3. The zero-order valence-corrected chi connectivity index (χ0v) is 18.9. The molecule has 3 aromatic carbocycles. The van der Waals surface area contributed by atoms with Crippen molar-refractivity contribution in [2.75, 3.05) is 14.2 Å². The summed E-state index contributed by atoms with van der Waals surface area (Å²) in [4.78, 5) is 4.34. The third-order valence-electron chi connectivity index (χ3n) is 5.57. The number of methoxy groups -OCH3 is 2. The number of hydrogen-bond donors (Lipinski definition) is 2. The Balaban J connectivity index is 1.40. The second kappa shape index (κ2) is 9.40. The summed E-state index contributed by atoms with van der Waals surface area (Å²) >= 11 is 0. The van der Waals surface area contributed by atoms with Crippen LogP contribution < -0.4 is 9.47 Å². The number of aromatic nitrogens is 4. The molecule has 0 amide bonds. The van der Waals surface area contributed by atoms with E-state index in [0.29, 0.717) is 28.5 Å². The van der Waals surface area contributed by atoms with Crippen molar-refractivity contribution in [3.8, 4) is 56.9 Å². The molecule has 2 heterocycles. The van der Waals surface area contributed by atoms with Crippen LogP contribution in [0.2, 0.25) is 0 Å². The third kappa shape index (κ3) is 4.36. The Morgan fingerprint density at radius 2 is 1.71 bits per heavy atom. The molecule has 2 N–H and O–H groups in total. The summed E-state index contributed by atoms with van der Waals surface area (Å²) in [6.07, 6.45) is 0. The van der Waals surface area contributed by atoms with Crippen LogP contribution in [0.1, 0.15) is 5.56 Å². The van der Waals surface area contributed by atoms with Crippen LogP contribution in [-0.4, -0.2) is 39.7 Å². The maximum absolute atomic E-state index is 15.0. The smallest absolute Gasteiger partial charge is 0.276 e. The molecule has 8 nitrogen and oxygen atoms in total. The molecule has 0 fully saturated rings. The summed E-state index contributed by atoms with van der Waals surface area (Å²) in [7, 11) is 3.14. The molecule has 0 saturated carbocycles. The van der Waals surface area contributed by atoms with Crippen molar-refractivity contribution in [2.24, 2.45) is 0 Å². The Kier molecular flexibility index (Phi) is 5.99. The van der Waals surface area contributed by atoms with E-state index < -0.39 is 5.82 Å². The molecule has 0 aliphatic carbocycles. The number of halogens is 1. The molecule has 0 saturated heterocycles. The van der Waals surface area contributed by atoms with Crippen LogP contribution in [0.15, 0.2) is 71.3 Å². The summed E-state index contributed by atoms with van der Waals surface area (Å²) in [5, 5.41) is 20.5. The molecule has 0 radical (unpaired) electrons. The Morgan fingerprint density at radius 1 is 0.914 bits per heavy atom. The number of H-pyrrole nitrogens is 1. The van der Waals surface area contributed by atoms with Gasteiger partial charge in [-0.1, -0.05) is 29.4 Å². The minimum Gasteiger partial charge on any atom is -0.493 e. The van der Waals surface area contributed by atoms with Crippen molar-refractivity contribution in [1.82, 2.24) is 20.3 Å².